The summed E-state index contributed by atoms with van der Waals surface area (Å²) in [5.41, 5.74) is 8.31. The maximum absolute atomic E-state index is 6.13. The average Bonchev–Trinajstić information content (AvgIpc) is 2.51. The molecule has 3 aromatic rings. The number of halogens is 2. The maximum atomic E-state index is 6.13. The van der Waals surface area contributed by atoms with Gasteiger partial charge < -0.3 is 0 Å². The topological polar surface area (TPSA) is 37.3 Å². The van der Waals surface area contributed by atoms with Gasteiger partial charge in [0.15, 0.2) is 0 Å². The van der Waals surface area contributed by atoms with E-state index in [9.17, 15) is 0 Å². The number of benzene rings is 2. The number of aryl methyl sites for hydroxylation is 3. The second-order valence-electron chi connectivity index (χ2n) is 5.84. The summed E-state index contributed by atoms with van der Waals surface area (Å²) in [5, 5.41) is 6.56. The molecule has 0 saturated heterocycles. The summed E-state index contributed by atoms with van der Waals surface area (Å²) in [6.45, 7) is 6.24. The van der Waals surface area contributed by atoms with Crippen LogP contribution in [0.25, 0.3) is 10.9 Å². The van der Waals surface area contributed by atoms with Crippen molar-refractivity contribution in [3.63, 3.8) is 0 Å². The van der Waals surface area contributed by atoms with E-state index in [0.29, 0.717) is 15.9 Å². The molecule has 0 aliphatic carbocycles. The molecule has 0 amide bonds. The van der Waals surface area contributed by atoms with Gasteiger partial charge in [0.1, 0.15) is 5.82 Å². The molecular formula is C19H17Cl2N3. The van der Waals surface area contributed by atoms with Crippen molar-refractivity contribution >= 4 is 46.1 Å². The Bertz CT molecular complexity index is 949. The van der Waals surface area contributed by atoms with Crippen molar-refractivity contribution in [1.82, 2.24) is 4.98 Å². The summed E-state index contributed by atoms with van der Waals surface area (Å²) in [5.74, 6) is 0.702. The van der Waals surface area contributed by atoms with Gasteiger partial charge >= 0.3 is 0 Å². The van der Waals surface area contributed by atoms with E-state index in [1.807, 2.05) is 12.1 Å². The van der Waals surface area contributed by atoms with Crippen LogP contribution in [0.5, 0.6) is 0 Å². The average molecular weight is 358 g/mol. The van der Waals surface area contributed by atoms with Crippen molar-refractivity contribution in [2.75, 3.05) is 5.43 Å². The van der Waals surface area contributed by atoms with Crippen molar-refractivity contribution in [2.45, 2.75) is 20.8 Å². The third-order valence-electron chi connectivity index (χ3n) is 3.80. The molecule has 2 aromatic carbocycles. The second-order valence-corrected chi connectivity index (χ2v) is 6.68. The van der Waals surface area contributed by atoms with Gasteiger partial charge in [-0.1, -0.05) is 40.9 Å². The fraction of sp³-hybridized carbons (Fsp3) is 0.158. The molecule has 3 nitrogen and oxygen atoms in total. The highest BCUT2D eigenvalue weighted by atomic mass is 35.5. The molecule has 1 N–H and O–H groups in total. The normalized spacial score (nSPS) is 11.4. The van der Waals surface area contributed by atoms with Gasteiger partial charge in [0.2, 0.25) is 0 Å². The van der Waals surface area contributed by atoms with Gasteiger partial charge in [-0.15, -0.1) is 0 Å². The van der Waals surface area contributed by atoms with Crippen molar-refractivity contribution in [1.29, 1.82) is 0 Å². The van der Waals surface area contributed by atoms with Crippen molar-refractivity contribution < 1.29 is 0 Å². The molecule has 24 heavy (non-hydrogen) atoms. The Morgan fingerprint density at radius 1 is 1.00 bits per heavy atom. The highest BCUT2D eigenvalue weighted by molar-refractivity contribution is 6.36. The van der Waals surface area contributed by atoms with Crippen LogP contribution in [-0.2, 0) is 0 Å². The van der Waals surface area contributed by atoms with Gasteiger partial charge in [-0.2, -0.15) is 5.10 Å². The Labute approximate surface area is 151 Å². The Kier molecular flexibility index (Phi) is 4.74. The summed E-state index contributed by atoms with van der Waals surface area (Å²) >= 11 is 12.0. The van der Waals surface area contributed by atoms with E-state index in [2.05, 4.69) is 48.4 Å². The van der Waals surface area contributed by atoms with Crippen LogP contribution in [0.3, 0.4) is 0 Å². The van der Waals surface area contributed by atoms with Crippen LogP contribution >= 0.6 is 23.2 Å². The zero-order chi connectivity index (χ0) is 17.3. The van der Waals surface area contributed by atoms with Gasteiger partial charge in [0, 0.05) is 16.0 Å². The van der Waals surface area contributed by atoms with E-state index in [1.165, 1.54) is 10.9 Å². The van der Waals surface area contributed by atoms with Crippen molar-refractivity contribution in [3.8, 4) is 0 Å². The number of hydrogen-bond donors (Lipinski definition) is 1. The first-order valence-electron chi connectivity index (χ1n) is 7.57. The van der Waals surface area contributed by atoms with E-state index in [4.69, 9.17) is 23.2 Å². The minimum atomic E-state index is 0.557. The summed E-state index contributed by atoms with van der Waals surface area (Å²) in [6.07, 6.45) is 1.65. The third kappa shape index (κ3) is 3.53. The molecule has 5 heteroatoms. The van der Waals surface area contributed by atoms with Gasteiger partial charge in [-0.25, -0.2) is 4.98 Å². The number of anilines is 1. The zero-order valence-electron chi connectivity index (χ0n) is 13.7. The smallest absolute Gasteiger partial charge is 0.147 e. The lowest BCUT2D eigenvalue weighted by Gasteiger charge is -2.09. The second kappa shape index (κ2) is 6.80. The summed E-state index contributed by atoms with van der Waals surface area (Å²) in [7, 11) is 0. The number of fused-ring (bicyclic) bond motifs is 1. The maximum Gasteiger partial charge on any atom is 0.147 e. The Hall–Kier alpha value is -2.10. The Balaban J connectivity index is 1.89. The van der Waals surface area contributed by atoms with Gasteiger partial charge in [0.25, 0.3) is 0 Å². The number of aromatic nitrogens is 1. The molecule has 0 aliphatic heterocycles. The highest BCUT2D eigenvalue weighted by Gasteiger charge is 2.06. The number of hydrogen-bond acceptors (Lipinski definition) is 3. The van der Waals surface area contributed by atoms with Crippen LogP contribution in [0.4, 0.5) is 5.82 Å². The molecule has 0 unspecified atom stereocenters. The minimum absolute atomic E-state index is 0.557. The van der Waals surface area contributed by atoms with Crippen molar-refractivity contribution in [2.24, 2.45) is 5.10 Å². The molecule has 0 aliphatic rings. The fourth-order valence-electron chi connectivity index (χ4n) is 2.68. The predicted molar refractivity (Wildman–Crippen MR) is 104 cm³/mol. The largest absolute Gasteiger partial charge is 0.261 e. The first-order valence-corrected chi connectivity index (χ1v) is 8.32. The lowest BCUT2D eigenvalue weighted by atomic mass is 10.0. The van der Waals surface area contributed by atoms with E-state index in [1.54, 1.807) is 18.3 Å². The molecule has 0 bridgehead atoms. The molecule has 1 aromatic heterocycles. The monoisotopic (exact) mass is 357 g/mol. The predicted octanol–water partition coefficient (Wildman–Crippen LogP) is 5.91. The highest BCUT2D eigenvalue weighted by Crippen LogP contribution is 2.25. The molecule has 3 rings (SSSR count). The summed E-state index contributed by atoms with van der Waals surface area (Å²) < 4.78 is 0. The fourth-order valence-corrected chi connectivity index (χ4v) is 3.13. The molecule has 0 atom stereocenters. The van der Waals surface area contributed by atoms with Crippen LogP contribution in [0, 0.1) is 20.8 Å². The van der Waals surface area contributed by atoms with Crippen LogP contribution < -0.4 is 5.43 Å². The van der Waals surface area contributed by atoms with Crippen LogP contribution in [0.2, 0.25) is 10.0 Å². The van der Waals surface area contributed by atoms with E-state index in [0.717, 1.165) is 22.2 Å². The summed E-state index contributed by atoms with van der Waals surface area (Å²) in [6, 6.07) is 11.6. The molecule has 0 radical (unpaired) electrons. The Morgan fingerprint density at radius 2 is 1.79 bits per heavy atom. The lowest BCUT2D eigenvalue weighted by Crippen LogP contribution is -1.97. The molecule has 122 valence electrons. The first-order chi connectivity index (χ1) is 11.4. The van der Waals surface area contributed by atoms with Crippen LogP contribution in [-0.4, -0.2) is 11.2 Å². The molecule has 0 saturated carbocycles. The summed E-state index contributed by atoms with van der Waals surface area (Å²) in [4.78, 5) is 4.67. The first kappa shape index (κ1) is 16.7. The Morgan fingerprint density at radius 3 is 2.54 bits per heavy atom. The molecule has 0 spiro atoms. The number of hydrazone groups is 1. The van der Waals surface area contributed by atoms with Gasteiger partial charge in [-0.3, -0.25) is 5.43 Å². The van der Waals surface area contributed by atoms with Gasteiger partial charge in [0.05, 0.1) is 16.8 Å². The van der Waals surface area contributed by atoms with Crippen LogP contribution in [0.15, 0.2) is 41.5 Å². The quantitative estimate of drug-likeness (QED) is 0.467. The molecule has 1 heterocycles. The standard InChI is InChI=1S/C19H17Cl2N3/c1-11-6-13(3)19-16(7-11)12(2)8-18(23-19)24-22-10-14-4-5-15(20)9-17(14)21/h4-10H,1-3H3,(H,23,24). The number of nitrogens with zero attached hydrogens (tertiary/aromatic N) is 2. The number of pyridine rings is 1. The third-order valence-corrected chi connectivity index (χ3v) is 4.36. The van der Waals surface area contributed by atoms with Crippen LogP contribution in [0.1, 0.15) is 22.3 Å². The molecule has 0 fully saturated rings. The van der Waals surface area contributed by atoms with E-state index >= 15 is 0 Å². The number of nitrogens with one attached hydrogen (secondary N) is 1. The number of rotatable bonds is 3. The van der Waals surface area contributed by atoms with Crippen molar-refractivity contribution in [3.05, 3.63) is 68.7 Å². The van der Waals surface area contributed by atoms with Gasteiger partial charge in [-0.05, 0) is 56.2 Å². The lowest BCUT2D eigenvalue weighted by molar-refractivity contribution is 1.24. The zero-order valence-corrected chi connectivity index (χ0v) is 15.2. The SMILES string of the molecule is Cc1cc(C)c2nc(NN=Cc3ccc(Cl)cc3Cl)cc(C)c2c1. The molecular weight excluding hydrogens is 341 g/mol. The van der Waals surface area contributed by atoms with E-state index < -0.39 is 0 Å². The van der Waals surface area contributed by atoms with E-state index in [-0.39, 0.29) is 0 Å². The minimum Gasteiger partial charge on any atom is -0.261 e.